The van der Waals surface area contributed by atoms with Crippen molar-refractivity contribution in [2.24, 2.45) is 5.92 Å². The van der Waals surface area contributed by atoms with Crippen molar-refractivity contribution in [2.45, 2.75) is 13.0 Å². The van der Waals surface area contributed by atoms with Crippen LogP contribution in [0.15, 0.2) is 28.7 Å². The molecule has 0 spiro atoms. The number of carboxylic acids is 1. The summed E-state index contributed by atoms with van der Waals surface area (Å²) in [7, 11) is 0. The molecule has 0 bridgehead atoms. The number of carbonyl (C=O) groups excluding carboxylic acids is 1. The molecule has 1 aliphatic rings. The number of nitrogens with one attached hydrogen (secondary N) is 1. The van der Waals surface area contributed by atoms with Crippen LogP contribution in [-0.4, -0.2) is 36.1 Å². The van der Waals surface area contributed by atoms with E-state index in [0.717, 1.165) is 10.2 Å². The van der Waals surface area contributed by atoms with Crippen LogP contribution in [0.1, 0.15) is 6.92 Å². The zero-order valence-electron chi connectivity index (χ0n) is 10.5. The molecule has 1 amide bonds. The van der Waals surface area contributed by atoms with Crippen molar-refractivity contribution in [3.8, 4) is 0 Å². The van der Waals surface area contributed by atoms with Gasteiger partial charge in [-0.25, -0.2) is 0 Å². The van der Waals surface area contributed by atoms with E-state index in [1.54, 1.807) is 6.92 Å². The lowest BCUT2D eigenvalue weighted by Gasteiger charge is -2.29. The van der Waals surface area contributed by atoms with Gasteiger partial charge >= 0.3 is 5.97 Å². The van der Waals surface area contributed by atoms with Gasteiger partial charge in [0.15, 0.2) is 0 Å². The summed E-state index contributed by atoms with van der Waals surface area (Å²) in [4.78, 5) is 24.9. The smallest absolute Gasteiger partial charge is 0.310 e. The van der Waals surface area contributed by atoms with E-state index in [-0.39, 0.29) is 12.5 Å². The first-order valence-electron chi connectivity index (χ1n) is 6.02. The Kier molecular flexibility index (Phi) is 4.09. The maximum atomic E-state index is 11.9. The molecule has 1 aliphatic heterocycles. The van der Waals surface area contributed by atoms with E-state index in [1.165, 1.54) is 0 Å². The van der Waals surface area contributed by atoms with Gasteiger partial charge in [-0.05, 0) is 35.0 Å². The van der Waals surface area contributed by atoms with Crippen molar-refractivity contribution < 1.29 is 14.7 Å². The molecule has 2 atom stereocenters. The first kappa shape index (κ1) is 13.9. The molecule has 1 heterocycles. The van der Waals surface area contributed by atoms with Crippen molar-refractivity contribution in [2.75, 3.05) is 18.0 Å². The molecule has 1 aromatic carbocycles. The summed E-state index contributed by atoms with van der Waals surface area (Å²) in [5, 5.41) is 11.8. The second kappa shape index (κ2) is 5.61. The van der Waals surface area contributed by atoms with Gasteiger partial charge in [0.05, 0.1) is 11.6 Å². The average Bonchev–Trinajstić information content (AvgIpc) is 2.52. The predicted molar refractivity (Wildman–Crippen MR) is 75.1 cm³/mol. The maximum absolute atomic E-state index is 11.9. The molecular weight excluding hydrogens is 312 g/mol. The minimum Gasteiger partial charge on any atom is -0.481 e. The van der Waals surface area contributed by atoms with Crippen LogP contribution in [0.3, 0.4) is 0 Å². The van der Waals surface area contributed by atoms with E-state index in [0.29, 0.717) is 6.54 Å². The van der Waals surface area contributed by atoms with E-state index >= 15 is 0 Å². The fourth-order valence-electron chi connectivity index (χ4n) is 2.13. The Bertz CT molecular complexity index is 506. The van der Waals surface area contributed by atoms with E-state index in [2.05, 4.69) is 21.2 Å². The maximum Gasteiger partial charge on any atom is 0.310 e. The van der Waals surface area contributed by atoms with E-state index in [9.17, 15) is 14.7 Å². The summed E-state index contributed by atoms with van der Waals surface area (Å²) >= 11 is 3.44. The molecule has 0 radical (unpaired) electrons. The summed E-state index contributed by atoms with van der Waals surface area (Å²) in [6.07, 6.45) is 0. The molecule has 2 N–H and O–H groups in total. The lowest BCUT2D eigenvalue weighted by molar-refractivity contribution is -0.141. The molecule has 0 aromatic heterocycles. The molecule has 0 aliphatic carbocycles. The molecule has 1 aromatic rings. The van der Waals surface area contributed by atoms with Crippen LogP contribution in [-0.2, 0) is 9.59 Å². The average molecular weight is 327 g/mol. The number of carboxylic acid groups (broad SMARTS) is 1. The number of anilines is 1. The van der Waals surface area contributed by atoms with Gasteiger partial charge in [-0.3, -0.25) is 9.59 Å². The lowest BCUT2D eigenvalue weighted by Crippen LogP contribution is -2.42. The second-order valence-corrected chi connectivity index (χ2v) is 5.41. The van der Waals surface area contributed by atoms with E-state index < -0.39 is 17.9 Å². The third kappa shape index (κ3) is 2.89. The fraction of sp³-hybridized carbons (Fsp3) is 0.385. The standard InChI is InChI=1S/C13H15BrN2O3/c1-8-12(17)15-6-9(13(18)19)7-16(8)11-5-3-2-4-10(11)14/h2-5,8-9H,6-7H2,1H3,(H,15,17)(H,18,19). The van der Waals surface area contributed by atoms with Crippen LogP contribution in [0.2, 0.25) is 0 Å². The van der Waals surface area contributed by atoms with Crippen molar-refractivity contribution in [3.05, 3.63) is 28.7 Å². The largest absolute Gasteiger partial charge is 0.481 e. The molecule has 6 heteroatoms. The van der Waals surface area contributed by atoms with Crippen molar-refractivity contribution in [1.82, 2.24) is 5.32 Å². The number of amides is 1. The summed E-state index contributed by atoms with van der Waals surface area (Å²) in [6, 6.07) is 7.10. The highest BCUT2D eigenvalue weighted by atomic mass is 79.9. The number of aliphatic carboxylic acids is 1. The second-order valence-electron chi connectivity index (χ2n) is 4.56. The van der Waals surface area contributed by atoms with Crippen LogP contribution >= 0.6 is 15.9 Å². The van der Waals surface area contributed by atoms with Crippen LogP contribution < -0.4 is 10.2 Å². The molecule has 2 unspecified atom stereocenters. The molecule has 2 rings (SSSR count). The SMILES string of the molecule is CC1C(=O)NCC(C(=O)O)CN1c1ccccc1Br. The number of rotatable bonds is 2. The zero-order chi connectivity index (χ0) is 14.0. The Labute approximate surface area is 119 Å². The summed E-state index contributed by atoms with van der Waals surface area (Å²) in [5.74, 6) is -1.66. The van der Waals surface area contributed by atoms with Gasteiger partial charge in [0, 0.05) is 17.6 Å². The first-order valence-corrected chi connectivity index (χ1v) is 6.81. The monoisotopic (exact) mass is 326 g/mol. The van der Waals surface area contributed by atoms with Crippen molar-refractivity contribution in [3.63, 3.8) is 0 Å². The number of nitrogens with zero attached hydrogens (tertiary/aromatic N) is 1. The topological polar surface area (TPSA) is 69.6 Å². The highest BCUT2D eigenvalue weighted by Gasteiger charge is 2.32. The van der Waals surface area contributed by atoms with Crippen LogP contribution in [0.4, 0.5) is 5.69 Å². The number of halogens is 1. The molecule has 1 fully saturated rings. The summed E-state index contributed by atoms with van der Waals surface area (Å²) < 4.78 is 0.848. The molecule has 19 heavy (non-hydrogen) atoms. The number of benzene rings is 1. The van der Waals surface area contributed by atoms with Crippen LogP contribution in [0.5, 0.6) is 0 Å². The minimum absolute atomic E-state index is 0.153. The van der Waals surface area contributed by atoms with Gasteiger partial charge < -0.3 is 15.3 Å². The Morgan fingerprint density at radius 2 is 2.16 bits per heavy atom. The summed E-state index contributed by atoms with van der Waals surface area (Å²) in [5.41, 5.74) is 0.832. The minimum atomic E-state index is -0.897. The van der Waals surface area contributed by atoms with E-state index in [4.69, 9.17) is 0 Å². The van der Waals surface area contributed by atoms with Crippen molar-refractivity contribution >= 4 is 33.5 Å². The zero-order valence-corrected chi connectivity index (χ0v) is 12.1. The van der Waals surface area contributed by atoms with Gasteiger partial charge in [0.2, 0.25) is 5.91 Å². The van der Waals surface area contributed by atoms with Gasteiger partial charge in [0.1, 0.15) is 6.04 Å². The van der Waals surface area contributed by atoms with Crippen LogP contribution in [0.25, 0.3) is 0 Å². The normalized spacial score (nSPS) is 23.7. The molecule has 0 saturated carbocycles. The highest BCUT2D eigenvalue weighted by molar-refractivity contribution is 9.10. The van der Waals surface area contributed by atoms with Gasteiger partial charge in [-0.2, -0.15) is 0 Å². The molecule has 1 saturated heterocycles. The Morgan fingerprint density at radius 1 is 1.47 bits per heavy atom. The molecular formula is C13H15BrN2O3. The number of hydrogen-bond acceptors (Lipinski definition) is 3. The summed E-state index contributed by atoms with van der Waals surface area (Å²) in [6.45, 7) is 2.25. The number of hydrogen-bond donors (Lipinski definition) is 2. The van der Waals surface area contributed by atoms with Crippen molar-refractivity contribution in [1.29, 1.82) is 0 Å². The Morgan fingerprint density at radius 3 is 2.79 bits per heavy atom. The Balaban J connectivity index is 2.36. The van der Waals surface area contributed by atoms with Crippen LogP contribution in [0, 0.1) is 5.92 Å². The lowest BCUT2D eigenvalue weighted by atomic mass is 10.1. The predicted octanol–water partition coefficient (Wildman–Crippen LogP) is 1.47. The molecule has 5 nitrogen and oxygen atoms in total. The van der Waals surface area contributed by atoms with Gasteiger partial charge in [-0.1, -0.05) is 12.1 Å². The third-order valence-corrected chi connectivity index (χ3v) is 3.97. The third-order valence-electron chi connectivity index (χ3n) is 3.30. The fourth-order valence-corrected chi connectivity index (χ4v) is 2.64. The quantitative estimate of drug-likeness (QED) is 0.863. The number of carbonyl (C=O) groups is 2. The van der Waals surface area contributed by atoms with E-state index in [1.807, 2.05) is 29.2 Å². The van der Waals surface area contributed by atoms with Gasteiger partial charge in [0.25, 0.3) is 0 Å². The molecule has 102 valence electrons. The first-order chi connectivity index (χ1) is 9.00. The van der Waals surface area contributed by atoms with Gasteiger partial charge in [-0.15, -0.1) is 0 Å². The Hall–Kier alpha value is -1.56. The number of para-hydroxylation sites is 1. The highest BCUT2D eigenvalue weighted by Crippen LogP contribution is 2.29.